The maximum Gasteiger partial charge on any atom is 0.251 e. The maximum atomic E-state index is 12.6. The number of aryl methyl sites for hydroxylation is 1. The Labute approximate surface area is 181 Å². The highest BCUT2D eigenvalue weighted by atomic mass is 32.2. The number of carbonyl (C=O) groups excluding carboxylic acids is 1. The van der Waals surface area contributed by atoms with E-state index in [4.69, 9.17) is 4.74 Å². The molecule has 1 amide bonds. The predicted octanol–water partition coefficient (Wildman–Crippen LogP) is 2.31. The zero-order chi connectivity index (χ0) is 21.7. The Hall–Kier alpha value is -2.75. The Balaban J connectivity index is 1.30. The molecule has 1 aliphatic rings. The van der Waals surface area contributed by atoms with E-state index in [9.17, 15) is 13.2 Å². The summed E-state index contributed by atoms with van der Waals surface area (Å²) < 4.78 is 35.2. The first-order valence-corrected chi connectivity index (χ1v) is 11.9. The molecule has 164 valence electrons. The molecular weight excluding hydrogens is 416 g/mol. The van der Waals surface area contributed by atoms with Crippen molar-refractivity contribution in [1.82, 2.24) is 19.6 Å². The molecular formula is C22H26N4O4S. The molecule has 4 rings (SSSR count). The van der Waals surface area contributed by atoms with Crippen molar-refractivity contribution in [2.24, 2.45) is 0 Å². The summed E-state index contributed by atoms with van der Waals surface area (Å²) in [4.78, 5) is 16.9. The lowest BCUT2D eigenvalue weighted by Gasteiger charge is -2.12. The van der Waals surface area contributed by atoms with Gasteiger partial charge in [-0.25, -0.2) is 18.1 Å². The highest BCUT2D eigenvalue weighted by molar-refractivity contribution is 7.89. The minimum absolute atomic E-state index is 0.0723. The number of rotatable bonds is 9. The highest BCUT2D eigenvalue weighted by Crippen LogP contribution is 2.15. The van der Waals surface area contributed by atoms with Gasteiger partial charge in [0.05, 0.1) is 28.4 Å². The van der Waals surface area contributed by atoms with E-state index < -0.39 is 10.0 Å². The van der Waals surface area contributed by atoms with Crippen molar-refractivity contribution in [2.45, 2.75) is 36.8 Å². The normalized spacial score (nSPS) is 16.6. The molecule has 0 bridgehead atoms. The van der Waals surface area contributed by atoms with Gasteiger partial charge in [0, 0.05) is 31.8 Å². The van der Waals surface area contributed by atoms with Crippen LogP contribution in [0.5, 0.6) is 0 Å². The third-order valence-electron chi connectivity index (χ3n) is 5.32. The molecule has 1 aromatic heterocycles. The summed E-state index contributed by atoms with van der Waals surface area (Å²) in [5.41, 5.74) is 2.31. The molecule has 1 atom stereocenters. The van der Waals surface area contributed by atoms with Gasteiger partial charge >= 0.3 is 0 Å². The van der Waals surface area contributed by atoms with Crippen molar-refractivity contribution < 1.29 is 17.9 Å². The molecule has 1 saturated heterocycles. The topological polar surface area (TPSA) is 102 Å². The molecule has 0 spiro atoms. The number of aromatic nitrogens is 2. The van der Waals surface area contributed by atoms with E-state index in [-0.39, 0.29) is 23.5 Å². The molecule has 1 aliphatic heterocycles. The first-order chi connectivity index (χ1) is 15.0. The molecule has 9 heteroatoms. The van der Waals surface area contributed by atoms with Crippen LogP contribution in [0, 0.1) is 0 Å². The van der Waals surface area contributed by atoms with Gasteiger partial charge in [-0.15, -0.1) is 0 Å². The van der Waals surface area contributed by atoms with Crippen LogP contribution in [0.4, 0.5) is 0 Å². The van der Waals surface area contributed by atoms with Crippen molar-refractivity contribution in [2.75, 3.05) is 19.7 Å². The quantitative estimate of drug-likeness (QED) is 0.495. The molecule has 0 unspecified atom stereocenters. The standard InChI is InChI=1S/C22H26N4O4S/c27-22(23-11-5-12-26-16-24-20-9-1-2-10-21(20)26)17-6-3-8-19(14-17)31(28,29)25-15-18-7-4-13-30-18/h1-3,6,8-10,14,16,18,25H,4-5,7,11-13,15H2,(H,23,27)/t18-/m0/s1. The molecule has 2 N–H and O–H groups in total. The van der Waals surface area contributed by atoms with Gasteiger partial charge in [-0.2, -0.15) is 0 Å². The number of carbonyl (C=O) groups is 1. The van der Waals surface area contributed by atoms with Gasteiger partial charge in [0.25, 0.3) is 5.91 Å². The van der Waals surface area contributed by atoms with Crippen LogP contribution < -0.4 is 10.0 Å². The summed E-state index contributed by atoms with van der Waals surface area (Å²) in [5, 5.41) is 2.86. The van der Waals surface area contributed by atoms with Gasteiger partial charge in [0.1, 0.15) is 0 Å². The number of fused-ring (bicyclic) bond motifs is 1. The van der Waals surface area contributed by atoms with Crippen molar-refractivity contribution in [3.05, 3.63) is 60.4 Å². The summed E-state index contributed by atoms with van der Waals surface area (Å²) in [7, 11) is -3.70. The average molecular weight is 443 g/mol. The smallest absolute Gasteiger partial charge is 0.251 e. The fraction of sp³-hybridized carbons (Fsp3) is 0.364. The van der Waals surface area contributed by atoms with Crippen LogP contribution >= 0.6 is 0 Å². The first kappa shape index (κ1) is 21.5. The number of ether oxygens (including phenoxy) is 1. The number of benzene rings is 2. The fourth-order valence-corrected chi connectivity index (χ4v) is 4.75. The second kappa shape index (κ2) is 9.59. The molecule has 3 aromatic rings. The van der Waals surface area contributed by atoms with Crippen LogP contribution in [0.2, 0.25) is 0 Å². The average Bonchev–Trinajstić information content (AvgIpc) is 3.45. The molecule has 0 aliphatic carbocycles. The van der Waals surface area contributed by atoms with Gasteiger partial charge in [-0.1, -0.05) is 18.2 Å². The largest absolute Gasteiger partial charge is 0.377 e. The van der Waals surface area contributed by atoms with Crippen LogP contribution in [0.1, 0.15) is 29.6 Å². The Bertz CT molecular complexity index is 1150. The molecule has 2 aromatic carbocycles. The Morgan fingerprint density at radius 1 is 1.19 bits per heavy atom. The highest BCUT2D eigenvalue weighted by Gasteiger charge is 2.21. The zero-order valence-corrected chi connectivity index (χ0v) is 18.0. The van der Waals surface area contributed by atoms with Crippen molar-refractivity contribution in [1.29, 1.82) is 0 Å². The van der Waals surface area contributed by atoms with E-state index in [0.717, 1.165) is 36.8 Å². The molecule has 0 radical (unpaired) electrons. The number of nitrogens with one attached hydrogen (secondary N) is 2. The minimum atomic E-state index is -3.70. The lowest BCUT2D eigenvalue weighted by Crippen LogP contribution is -2.32. The lowest BCUT2D eigenvalue weighted by atomic mass is 10.2. The second-order valence-corrected chi connectivity index (χ2v) is 9.32. The Morgan fingerprint density at radius 2 is 2.06 bits per heavy atom. The number of nitrogens with zero attached hydrogens (tertiary/aromatic N) is 2. The Kier molecular flexibility index (Phi) is 6.64. The molecule has 8 nitrogen and oxygen atoms in total. The SMILES string of the molecule is O=C(NCCCn1cnc2ccccc21)c1cccc(S(=O)(=O)NC[C@@H]2CCCO2)c1. The Morgan fingerprint density at radius 3 is 2.90 bits per heavy atom. The molecule has 31 heavy (non-hydrogen) atoms. The summed E-state index contributed by atoms with van der Waals surface area (Å²) >= 11 is 0. The van der Waals surface area contributed by atoms with Crippen LogP contribution in [-0.4, -0.2) is 49.7 Å². The van der Waals surface area contributed by atoms with E-state index >= 15 is 0 Å². The number of hydrogen-bond donors (Lipinski definition) is 2. The second-order valence-electron chi connectivity index (χ2n) is 7.55. The van der Waals surface area contributed by atoms with Crippen LogP contribution in [0.25, 0.3) is 11.0 Å². The van der Waals surface area contributed by atoms with E-state index in [1.807, 2.05) is 24.3 Å². The van der Waals surface area contributed by atoms with Gasteiger partial charge in [0.2, 0.25) is 10.0 Å². The monoisotopic (exact) mass is 442 g/mol. The third kappa shape index (κ3) is 5.30. The van der Waals surface area contributed by atoms with E-state index in [0.29, 0.717) is 18.7 Å². The zero-order valence-electron chi connectivity index (χ0n) is 17.2. The summed E-state index contributed by atoms with van der Waals surface area (Å²) in [6.07, 6.45) is 4.23. The number of para-hydroxylation sites is 2. The molecule has 2 heterocycles. The van der Waals surface area contributed by atoms with Gasteiger partial charge in [-0.05, 0) is 49.6 Å². The summed E-state index contributed by atoms with van der Waals surface area (Å²) in [6.45, 7) is 2.10. The third-order valence-corrected chi connectivity index (χ3v) is 6.74. The van der Waals surface area contributed by atoms with Gasteiger partial charge in [-0.3, -0.25) is 4.79 Å². The first-order valence-electron chi connectivity index (χ1n) is 10.4. The number of hydrogen-bond acceptors (Lipinski definition) is 5. The van der Waals surface area contributed by atoms with E-state index in [1.165, 1.54) is 12.1 Å². The summed E-state index contributed by atoms with van der Waals surface area (Å²) in [6, 6.07) is 14.0. The maximum absolute atomic E-state index is 12.6. The van der Waals surface area contributed by atoms with Crippen LogP contribution in [0.3, 0.4) is 0 Å². The van der Waals surface area contributed by atoms with E-state index in [2.05, 4.69) is 19.6 Å². The van der Waals surface area contributed by atoms with Crippen molar-refractivity contribution >= 4 is 27.0 Å². The molecule has 0 saturated carbocycles. The summed E-state index contributed by atoms with van der Waals surface area (Å²) in [5.74, 6) is -0.299. The predicted molar refractivity (Wildman–Crippen MR) is 117 cm³/mol. The van der Waals surface area contributed by atoms with Crippen molar-refractivity contribution in [3.8, 4) is 0 Å². The van der Waals surface area contributed by atoms with Gasteiger partial charge < -0.3 is 14.6 Å². The van der Waals surface area contributed by atoms with Gasteiger partial charge in [0.15, 0.2) is 0 Å². The minimum Gasteiger partial charge on any atom is -0.377 e. The fourth-order valence-electron chi connectivity index (χ4n) is 3.64. The lowest BCUT2D eigenvalue weighted by molar-refractivity contribution is 0.0952. The number of amides is 1. The van der Waals surface area contributed by atoms with E-state index in [1.54, 1.807) is 18.5 Å². The van der Waals surface area contributed by atoms with Crippen molar-refractivity contribution in [3.63, 3.8) is 0 Å². The van der Waals surface area contributed by atoms with Crippen LogP contribution in [0.15, 0.2) is 59.8 Å². The molecule has 1 fully saturated rings. The number of sulfonamides is 1. The van der Waals surface area contributed by atoms with Crippen LogP contribution in [-0.2, 0) is 21.3 Å². The number of imidazole rings is 1.